The van der Waals surface area contributed by atoms with Crippen LogP contribution in [0.5, 0.6) is 0 Å². The lowest BCUT2D eigenvalue weighted by Crippen LogP contribution is -2.35. The largest absolute Gasteiger partial charge is 0.389 e. The maximum absolute atomic E-state index is 10.2. The van der Waals surface area contributed by atoms with Crippen LogP contribution in [0.4, 0.5) is 0 Å². The van der Waals surface area contributed by atoms with Gasteiger partial charge >= 0.3 is 0 Å². The van der Waals surface area contributed by atoms with Crippen molar-refractivity contribution >= 4 is 0 Å². The minimum absolute atomic E-state index is 0.274. The Hall–Kier alpha value is -1.12. The highest BCUT2D eigenvalue weighted by Gasteiger charge is 2.50. The Morgan fingerprint density at radius 3 is 2.52 bits per heavy atom. The topological polar surface area (TPSA) is 40.5 Å². The zero-order chi connectivity index (χ0) is 21.2. The number of aliphatic hydroxyl groups excluding tert-OH is 2. The van der Waals surface area contributed by atoms with E-state index in [1.54, 1.807) is 5.57 Å². The Morgan fingerprint density at radius 1 is 1.03 bits per heavy atom. The van der Waals surface area contributed by atoms with Crippen molar-refractivity contribution in [3.8, 4) is 0 Å². The molecule has 0 spiro atoms. The first-order chi connectivity index (χ1) is 13.7. The van der Waals surface area contributed by atoms with Gasteiger partial charge in [0.25, 0.3) is 0 Å². The zero-order valence-electron chi connectivity index (χ0n) is 19.0. The summed E-state index contributed by atoms with van der Waals surface area (Å²) in [5.41, 5.74) is 4.15. The van der Waals surface area contributed by atoms with Crippen LogP contribution in [0.2, 0.25) is 0 Å². The lowest BCUT2D eigenvalue weighted by molar-refractivity contribution is 0.111. The first kappa shape index (κ1) is 22.6. The number of aliphatic hydroxyl groups is 2. The quantitative estimate of drug-likeness (QED) is 0.529. The van der Waals surface area contributed by atoms with E-state index in [4.69, 9.17) is 0 Å². The molecule has 0 bridgehead atoms. The summed E-state index contributed by atoms with van der Waals surface area (Å²) in [6.07, 6.45) is 17.6. The zero-order valence-corrected chi connectivity index (χ0v) is 19.0. The molecule has 29 heavy (non-hydrogen) atoms. The first-order valence-electron chi connectivity index (χ1n) is 11.9. The average molecular weight is 399 g/mol. The van der Waals surface area contributed by atoms with Crippen LogP contribution in [0.3, 0.4) is 0 Å². The molecule has 0 heterocycles. The molecule has 0 aromatic carbocycles. The van der Waals surface area contributed by atoms with Crippen LogP contribution in [0.15, 0.2) is 47.6 Å². The summed E-state index contributed by atoms with van der Waals surface area (Å²) in [5.74, 6) is 2.14. The summed E-state index contributed by atoms with van der Waals surface area (Å²) in [4.78, 5) is 0. The van der Waals surface area contributed by atoms with Gasteiger partial charge in [-0.3, -0.25) is 0 Å². The number of fused-ring (bicyclic) bond motifs is 1. The van der Waals surface area contributed by atoms with Gasteiger partial charge in [0, 0.05) is 0 Å². The first-order valence-corrected chi connectivity index (χ1v) is 11.9. The highest BCUT2D eigenvalue weighted by atomic mass is 16.3. The van der Waals surface area contributed by atoms with Crippen molar-refractivity contribution in [3.05, 3.63) is 47.6 Å². The van der Waals surface area contributed by atoms with E-state index in [1.165, 1.54) is 37.7 Å². The van der Waals surface area contributed by atoms with Crippen LogP contribution in [0.1, 0.15) is 79.1 Å². The molecule has 0 radical (unpaired) electrons. The molecule has 2 unspecified atom stereocenters. The monoisotopic (exact) mass is 398 g/mol. The Bertz CT molecular complexity index is 683. The van der Waals surface area contributed by atoms with E-state index in [0.717, 1.165) is 24.8 Å². The van der Waals surface area contributed by atoms with E-state index < -0.39 is 0 Å². The second-order valence-electron chi connectivity index (χ2n) is 10.4. The Kier molecular flexibility index (Phi) is 7.27. The molecule has 3 rings (SSSR count). The molecule has 6 atom stereocenters. The summed E-state index contributed by atoms with van der Waals surface area (Å²) in [6, 6.07) is 0. The molecule has 0 aromatic heterocycles. The maximum atomic E-state index is 10.2. The van der Waals surface area contributed by atoms with Crippen LogP contribution in [-0.2, 0) is 0 Å². The van der Waals surface area contributed by atoms with Crippen LogP contribution < -0.4 is 0 Å². The molecular formula is C27H42O2. The van der Waals surface area contributed by atoms with Gasteiger partial charge < -0.3 is 10.2 Å². The van der Waals surface area contributed by atoms with E-state index in [-0.39, 0.29) is 18.1 Å². The minimum atomic E-state index is -0.352. The molecule has 162 valence electrons. The molecule has 2 nitrogen and oxygen atoms in total. The van der Waals surface area contributed by atoms with Gasteiger partial charge in [-0.1, -0.05) is 64.2 Å². The van der Waals surface area contributed by atoms with Gasteiger partial charge in [-0.05, 0) is 91.6 Å². The molecule has 0 aliphatic heterocycles. The smallest absolute Gasteiger partial charge is 0.0787 e. The number of hydrogen-bond donors (Lipinski definition) is 2. The summed E-state index contributed by atoms with van der Waals surface area (Å²) in [7, 11) is 0. The third-order valence-corrected chi connectivity index (χ3v) is 8.20. The second-order valence-corrected chi connectivity index (χ2v) is 10.4. The molecule has 0 aromatic rings. The minimum Gasteiger partial charge on any atom is -0.389 e. The molecule has 3 aliphatic carbocycles. The standard InChI is InChI=1S/C27H42O2/c1-18(2)25(28)16-11-19(3)23-14-15-24-22(9-7-17-27(23,24)5)13-12-21-8-6-10-26(29)20(21)4/h11-13,16,18-19,23-26,28-29H,4,6-10,14-15,17H2,1-3,5H3/b16-11+,21-12-,22-13+/t19-,23?,24?,25-,26+,27-/m1/s1. The SMILES string of the molecule is C=C1/C(=C\C=C2/CCC[C@@]3(C)C2CCC3[C@H](C)/C=C/[C@@H](O)C(C)C)CCC[C@@H]1O. The van der Waals surface area contributed by atoms with Crippen molar-refractivity contribution in [1.29, 1.82) is 0 Å². The predicted octanol–water partition coefficient (Wildman–Crippen LogP) is 6.37. The highest BCUT2D eigenvalue weighted by Crippen LogP contribution is 2.59. The fourth-order valence-corrected chi connectivity index (χ4v) is 6.22. The van der Waals surface area contributed by atoms with Gasteiger partial charge in [-0.15, -0.1) is 0 Å². The van der Waals surface area contributed by atoms with E-state index in [2.05, 4.69) is 52.5 Å². The second kappa shape index (κ2) is 9.35. The third kappa shape index (κ3) is 4.80. The van der Waals surface area contributed by atoms with Crippen LogP contribution >= 0.6 is 0 Å². The number of hydrogen-bond acceptors (Lipinski definition) is 2. The van der Waals surface area contributed by atoms with E-state index in [9.17, 15) is 10.2 Å². The van der Waals surface area contributed by atoms with Crippen molar-refractivity contribution in [2.75, 3.05) is 0 Å². The van der Waals surface area contributed by atoms with Gasteiger partial charge in [-0.2, -0.15) is 0 Å². The number of allylic oxidation sites excluding steroid dienone is 4. The Balaban J connectivity index is 1.75. The molecule has 3 saturated carbocycles. The predicted molar refractivity (Wildman–Crippen MR) is 122 cm³/mol. The number of rotatable bonds is 5. The summed E-state index contributed by atoms with van der Waals surface area (Å²) in [5, 5.41) is 20.3. The van der Waals surface area contributed by atoms with Gasteiger partial charge in [-0.25, -0.2) is 0 Å². The van der Waals surface area contributed by atoms with E-state index >= 15 is 0 Å². The van der Waals surface area contributed by atoms with Crippen molar-refractivity contribution in [2.24, 2.45) is 29.1 Å². The van der Waals surface area contributed by atoms with Crippen LogP contribution in [0.25, 0.3) is 0 Å². The van der Waals surface area contributed by atoms with Gasteiger partial charge in [0.05, 0.1) is 12.2 Å². The lowest BCUT2D eigenvalue weighted by Gasteiger charge is -2.44. The fraction of sp³-hybridized carbons (Fsp3) is 0.704. The Morgan fingerprint density at radius 2 is 1.79 bits per heavy atom. The molecule has 0 amide bonds. The van der Waals surface area contributed by atoms with Crippen molar-refractivity contribution < 1.29 is 10.2 Å². The molecule has 3 fully saturated rings. The van der Waals surface area contributed by atoms with Gasteiger partial charge in [0.1, 0.15) is 0 Å². The van der Waals surface area contributed by atoms with Crippen molar-refractivity contribution in [1.82, 2.24) is 0 Å². The molecule has 2 N–H and O–H groups in total. The van der Waals surface area contributed by atoms with Gasteiger partial charge in [0.15, 0.2) is 0 Å². The van der Waals surface area contributed by atoms with Gasteiger partial charge in [0.2, 0.25) is 0 Å². The normalized spacial score (nSPS) is 38.2. The summed E-state index contributed by atoms with van der Waals surface area (Å²) < 4.78 is 0. The van der Waals surface area contributed by atoms with Crippen molar-refractivity contribution in [3.63, 3.8) is 0 Å². The maximum Gasteiger partial charge on any atom is 0.0787 e. The van der Waals surface area contributed by atoms with Crippen molar-refractivity contribution in [2.45, 2.75) is 91.3 Å². The van der Waals surface area contributed by atoms with Crippen LogP contribution in [-0.4, -0.2) is 22.4 Å². The van der Waals surface area contributed by atoms with Crippen LogP contribution in [0, 0.1) is 29.1 Å². The summed E-state index contributed by atoms with van der Waals surface area (Å²) >= 11 is 0. The Labute approximate surface area is 178 Å². The lowest BCUT2D eigenvalue weighted by atomic mass is 9.61. The molecule has 3 aliphatic rings. The molecule has 2 heteroatoms. The fourth-order valence-electron chi connectivity index (χ4n) is 6.22. The van der Waals surface area contributed by atoms with E-state index in [0.29, 0.717) is 23.2 Å². The molecular weight excluding hydrogens is 356 g/mol. The third-order valence-electron chi connectivity index (χ3n) is 8.20. The average Bonchev–Trinajstić information content (AvgIpc) is 3.04. The highest BCUT2D eigenvalue weighted by molar-refractivity contribution is 5.37. The van der Waals surface area contributed by atoms with E-state index in [1.807, 2.05) is 6.08 Å². The molecule has 0 saturated heterocycles. The summed E-state index contributed by atoms with van der Waals surface area (Å²) in [6.45, 7) is 13.1.